The highest BCUT2D eigenvalue weighted by molar-refractivity contribution is 5.98. The Morgan fingerprint density at radius 1 is 1.30 bits per heavy atom. The maximum Gasteiger partial charge on any atom is 0.196 e. The molecule has 1 heterocycles. The molecule has 1 saturated carbocycles. The molecule has 0 radical (unpaired) electrons. The summed E-state index contributed by atoms with van der Waals surface area (Å²) in [5.74, 6) is 2.23. The van der Waals surface area contributed by atoms with Gasteiger partial charge in [0.15, 0.2) is 5.96 Å². The summed E-state index contributed by atoms with van der Waals surface area (Å²) in [4.78, 5) is 6.89. The van der Waals surface area contributed by atoms with Gasteiger partial charge in [0.25, 0.3) is 0 Å². The van der Waals surface area contributed by atoms with Crippen molar-refractivity contribution in [2.75, 3.05) is 11.4 Å². The minimum absolute atomic E-state index is 0.124. The van der Waals surface area contributed by atoms with E-state index in [0.29, 0.717) is 5.96 Å². The standard InChI is InChI=1S/C17H25N3/c1-13(2)14-7-6-10-17(11-14)12-19-16(18)20(17)15-8-4-3-5-9-15/h3-5,8-9,13-14H,6-7,10-12H2,1-2H3,(H2,18,19). The second-order valence-corrected chi connectivity index (χ2v) is 6.67. The van der Waals surface area contributed by atoms with E-state index in [1.807, 2.05) is 0 Å². The molecule has 0 saturated heterocycles. The Morgan fingerprint density at radius 3 is 2.75 bits per heavy atom. The van der Waals surface area contributed by atoms with E-state index in [0.717, 1.165) is 18.4 Å². The van der Waals surface area contributed by atoms with Crippen molar-refractivity contribution in [3.63, 3.8) is 0 Å². The number of benzene rings is 1. The van der Waals surface area contributed by atoms with Gasteiger partial charge in [0.2, 0.25) is 0 Å². The number of rotatable bonds is 2. The van der Waals surface area contributed by atoms with Crippen LogP contribution in [0.4, 0.5) is 5.69 Å². The van der Waals surface area contributed by atoms with Gasteiger partial charge < -0.3 is 10.6 Å². The SMILES string of the molecule is CC(C)C1CCCC2(CN=C(N)N2c2ccccc2)C1. The van der Waals surface area contributed by atoms with Gasteiger partial charge >= 0.3 is 0 Å². The number of anilines is 1. The lowest BCUT2D eigenvalue weighted by molar-refractivity contribution is 0.195. The lowest BCUT2D eigenvalue weighted by atomic mass is 9.71. The molecule has 1 aromatic rings. The molecule has 0 amide bonds. The molecule has 1 spiro atoms. The molecule has 0 aromatic heterocycles. The smallest absolute Gasteiger partial charge is 0.196 e. The topological polar surface area (TPSA) is 41.6 Å². The van der Waals surface area contributed by atoms with E-state index in [-0.39, 0.29) is 5.54 Å². The highest BCUT2D eigenvalue weighted by atomic mass is 15.4. The number of hydrogen-bond acceptors (Lipinski definition) is 3. The van der Waals surface area contributed by atoms with E-state index in [9.17, 15) is 0 Å². The van der Waals surface area contributed by atoms with Crippen LogP contribution in [0.25, 0.3) is 0 Å². The number of guanidine groups is 1. The Bertz CT molecular complexity index is 494. The van der Waals surface area contributed by atoms with Gasteiger partial charge in [-0.15, -0.1) is 0 Å². The van der Waals surface area contributed by atoms with Crippen molar-refractivity contribution >= 4 is 11.6 Å². The molecule has 2 atom stereocenters. The van der Waals surface area contributed by atoms with Crippen molar-refractivity contribution in [3.8, 4) is 0 Å². The molecule has 1 aromatic carbocycles. The van der Waals surface area contributed by atoms with E-state index in [4.69, 9.17) is 5.73 Å². The molecule has 1 aliphatic heterocycles. The van der Waals surface area contributed by atoms with Crippen LogP contribution in [0.2, 0.25) is 0 Å². The lowest BCUT2D eigenvalue weighted by Gasteiger charge is -2.45. The fraction of sp³-hybridized carbons (Fsp3) is 0.588. The average molecular weight is 271 g/mol. The van der Waals surface area contributed by atoms with E-state index >= 15 is 0 Å². The van der Waals surface area contributed by atoms with Gasteiger partial charge in [-0.3, -0.25) is 4.99 Å². The average Bonchev–Trinajstić information content (AvgIpc) is 2.76. The van der Waals surface area contributed by atoms with Crippen LogP contribution in [0.5, 0.6) is 0 Å². The lowest BCUT2D eigenvalue weighted by Crippen LogP contribution is -2.54. The van der Waals surface area contributed by atoms with Crippen molar-refractivity contribution in [2.45, 2.75) is 45.1 Å². The highest BCUT2D eigenvalue weighted by Gasteiger charge is 2.46. The van der Waals surface area contributed by atoms with Crippen molar-refractivity contribution in [2.24, 2.45) is 22.6 Å². The molecule has 2 N–H and O–H groups in total. The Hall–Kier alpha value is -1.51. The highest BCUT2D eigenvalue weighted by Crippen LogP contribution is 2.44. The van der Waals surface area contributed by atoms with E-state index in [1.165, 1.54) is 31.4 Å². The Balaban J connectivity index is 1.92. The quantitative estimate of drug-likeness (QED) is 0.895. The molecule has 3 nitrogen and oxygen atoms in total. The fourth-order valence-corrected chi connectivity index (χ4v) is 3.90. The summed E-state index contributed by atoms with van der Waals surface area (Å²) in [5, 5.41) is 0. The fourth-order valence-electron chi connectivity index (χ4n) is 3.90. The van der Waals surface area contributed by atoms with Gasteiger partial charge in [-0.05, 0) is 36.8 Å². The van der Waals surface area contributed by atoms with Crippen LogP contribution in [-0.2, 0) is 0 Å². The minimum Gasteiger partial charge on any atom is -0.369 e. The van der Waals surface area contributed by atoms with Gasteiger partial charge in [-0.1, -0.05) is 44.9 Å². The van der Waals surface area contributed by atoms with Crippen LogP contribution in [-0.4, -0.2) is 18.0 Å². The zero-order valence-electron chi connectivity index (χ0n) is 12.5. The number of nitrogens with zero attached hydrogens (tertiary/aromatic N) is 2. The molecule has 108 valence electrons. The van der Waals surface area contributed by atoms with E-state index in [2.05, 4.69) is 54.1 Å². The van der Waals surface area contributed by atoms with Crippen LogP contribution in [0.1, 0.15) is 39.5 Å². The maximum absolute atomic E-state index is 6.21. The molecule has 3 heteroatoms. The second kappa shape index (κ2) is 5.12. The summed E-state index contributed by atoms with van der Waals surface area (Å²) >= 11 is 0. The van der Waals surface area contributed by atoms with Gasteiger partial charge in [-0.2, -0.15) is 0 Å². The summed E-state index contributed by atoms with van der Waals surface area (Å²) in [6.45, 7) is 5.54. The van der Waals surface area contributed by atoms with Gasteiger partial charge in [-0.25, -0.2) is 0 Å². The predicted molar refractivity (Wildman–Crippen MR) is 84.9 cm³/mol. The molecule has 2 unspecified atom stereocenters. The zero-order chi connectivity index (χ0) is 14.2. The first-order valence-corrected chi connectivity index (χ1v) is 7.78. The summed E-state index contributed by atoms with van der Waals surface area (Å²) in [7, 11) is 0. The summed E-state index contributed by atoms with van der Waals surface area (Å²) in [6.07, 6.45) is 5.05. The Morgan fingerprint density at radius 2 is 2.05 bits per heavy atom. The Kier molecular flexibility index (Phi) is 3.45. The molecule has 1 fully saturated rings. The van der Waals surface area contributed by atoms with Crippen LogP contribution >= 0.6 is 0 Å². The van der Waals surface area contributed by atoms with Crippen LogP contribution in [0.15, 0.2) is 35.3 Å². The number of nitrogens with two attached hydrogens (primary N) is 1. The third kappa shape index (κ3) is 2.19. The first-order valence-electron chi connectivity index (χ1n) is 7.78. The molecule has 3 rings (SSSR count). The number of para-hydroxylation sites is 1. The van der Waals surface area contributed by atoms with E-state index < -0.39 is 0 Å². The zero-order valence-corrected chi connectivity index (χ0v) is 12.5. The molecular weight excluding hydrogens is 246 g/mol. The van der Waals surface area contributed by atoms with Gasteiger partial charge in [0.1, 0.15) is 0 Å². The van der Waals surface area contributed by atoms with Crippen molar-refractivity contribution in [1.29, 1.82) is 0 Å². The van der Waals surface area contributed by atoms with Gasteiger partial charge in [0, 0.05) is 5.69 Å². The monoisotopic (exact) mass is 271 g/mol. The van der Waals surface area contributed by atoms with E-state index in [1.54, 1.807) is 0 Å². The summed E-state index contributed by atoms with van der Waals surface area (Å²) < 4.78 is 0. The van der Waals surface area contributed by atoms with Crippen molar-refractivity contribution in [1.82, 2.24) is 0 Å². The first-order chi connectivity index (χ1) is 9.62. The van der Waals surface area contributed by atoms with Gasteiger partial charge in [0.05, 0.1) is 12.1 Å². The van der Waals surface area contributed by atoms with Crippen molar-refractivity contribution < 1.29 is 0 Å². The third-order valence-corrected chi connectivity index (χ3v) is 5.06. The number of hydrogen-bond donors (Lipinski definition) is 1. The molecule has 2 aliphatic rings. The summed E-state index contributed by atoms with van der Waals surface area (Å²) in [6, 6.07) is 10.5. The number of aliphatic imine (C=N–C) groups is 1. The van der Waals surface area contributed by atoms with Crippen LogP contribution in [0.3, 0.4) is 0 Å². The van der Waals surface area contributed by atoms with Crippen LogP contribution in [0, 0.1) is 11.8 Å². The maximum atomic E-state index is 6.21. The molecule has 1 aliphatic carbocycles. The largest absolute Gasteiger partial charge is 0.369 e. The minimum atomic E-state index is 0.124. The Labute approximate surface area is 121 Å². The molecular formula is C17H25N3. The predicted octanol–water partition coefficient (Wildman–Crippen LogP) is 3.41. The van der Waals surface area contributed by atoms with Crippen molar-refractivity contribution in [3.05, 3.63) is 30.3 Å². The van der Waals surface area contributed by atoms with Crippen LogP contribution < -0.4 is 10.6 Å². The second-order valence-electron chi connectivity index (χ2n) is 6.67. The molecule has 0 bridgehead atoms. The normalized spacial score (nSPS) is 30.1. The summed E-state index contributed by atoms with van der Waals surface area (Å²) in [5.41, 5.74) is 7.53. The molecule has 20 heavy (non-hydrogen) atoms. The first kappa shape index (κ1) is 13.5. The third-order valence-electron chi connectivity index (χ3n) is 5.06.